The molecule has 2 nitrogen and oxygen atoms in total. The van der Waals surface area contributed by atoms with Gasteiger partial charge >= 0.3 is 0 Å². The Bertz CT molecular complexity index is 711. The van der Waals surface area contributed by atoms with Crippen LogP contribution in [0.5, 0.6) is 0 Å². The van der Waals surface area contributed by atoms with Crippen molar-refractivity contribution in [3.8, 4) is 11.4 Å². The van der Waals surface area contributed by atoms with Gasteiger partial charge in [0.25, 0.3) is 0 Å². The zero-order chi connectivity index (χ0) is 12.7. The SMILES string of the molecule is Cc1ccc2nc(-c3cc(F)cc(F)c3)[nH]c2c1. The zero-order valence-electron chi connectivity index (χ0n) is 9.67. The van der Waals surface area contributed by atoms with Crippen LogP contribution >= 0.6 is 0 Å². The van der Waals surface area contributed by atoms with Crippen LogP contribution in [-0.4, -0.2) is 9.97 Å². The van der Waals surface area contributed by atoms with Crippen molar-refractivity contribution in [1.82, 2.24) is 9.97 Å². The standard InChI is InChI=1S/C14H10F2N2/c1-8-2-3-12-13(4-8)18-14(17-12)9-5-10(15)7-11(16)6-9/h2-7H,1H3,(H,17,18). The Balaban J connectivity index is 2.19. The van der Waals surface area contributed by atoms with Gasteiger partial charge in [-0.3, -0.25) is 0 Å². The summed E-state index contributed by atoms with van der Waals surface area (Å²) in [6.07, 6.45) is 0. The smallest absolute Gasteiger partial charge is 0.138 e. The maximum absolute atomic E-state index is 13.2. The Kier molecular flexibility index (Phi) is 2.37. The second kappa shape index (κ2) is 3.91. The summed E-state index contributed by atoms with van der Waals surface area (Å²) in [6, 6.07) is 9.12. The van der Waals surface area contributed by atoms with E-state index < -0.39 is 11.6 Å². The summed E-state index contributed by atoms with van der Waals surface area (Å²) in [5.41, 5.74) is 3.14. The molecule has 0 aliphatic rings. The monoisotopic (exact) mass is 244 g/mol. The van der Waals surface area contributed by atoms with E-state index in [1.165, 1.54) is 12.1 Å². The second-order valence-electron chi connectivity index (χ2n) is 4.26. The number of benzene rings is 2. The molecule has 1 N–H and O–H groups in total. The molecule has 3 aromatic rings. The van der Waals surface area contributed by atoms with E-state index in [0.29, 0.717) is 11.4 Å². The Labute approximate surface area is 102 Å². The molecule has 0 saturated heterocycles. The maximum Gasteiger partial charge on any atom is 0.138 e. The molecule has 0 radical (unpaired) electrons. The van der Waals surface area contributed by atoms with Gasteiger partial charge in [-0.25, -0.2) is 13.8 Å². The van der Waals surface area contributed by atoms with Crippen LogP contribution in [0, 0.1) is 18.6 Å². The fraction of sp³-hybridized carbons (Fsp3) is 0.0714. The highest BCUT2D eigenvalue weighted by Gasteiger charge is 2.08. The van der Waals surface area contributed by atoms with E-state index in [1.54, 1.807) is 0 Å². The lowest BCUT2D eigenvalue weighted by atomic mass is 10.2. The summed E-state index contributed by atoms with van der Waals surface area (Å²) in [7, 11) is 0. The van der Waals surface area contributed by atoms with Crippen LogP contribution in [0.25, 0.3) is 22.4 Å². The molecule has 0 bridgehead atoms. The number of halogens is 2. The third-order valence-electron chi connectivity index (χ3n) is 2.77. The molecule has 0 atom stereocenters. The van der Waals surface area contributed by atoms with Crippen LogP contribution in [0.3, 0.4) is 0 Å². The van der Waals surface area contributed by atoms with Crippen LogP contribution in [-0.2, 0) is 0 Å². The molecule has 1 aromatic heterocycles. The van der Waals surface area contributed by atoms with E-state index in [4.69, 9.17) is 0 Å². The summed E-state index contributed by atoms with van der Waals surface area (Å²) in [4.78, 5) is 7.38. The first kappa shape index (κ1) is 10.9. The first-order valence-electron chi connectivity index (χ1n) is 5.55. The summed E-state index contributed by atoms with van der Waals surface area (Å²) in [6.45, 7) is 1.97. The fourth-order valence-electron chi connectivity index (χ4n) is 1.95. The number of nitrogens with one attached hydrogen (secondary N) is 1. The Morgan fingerprint density at radius 2 is 1.72 bits per heavy atom. The Hall–Kier alpha value is -2.23. The van der Waals surface area contributed by atoms with Crippen molar-refractivity contribution >= 4 is 11.0 Å². The third kappa shape index (κ3) is 1.86. The minimum Gasteiger partial charge on any atom is -0.338 e. The molecular formula is C14H10F2N2. The molecule has 0 aliphatic carbocycles. The van der Waals surface area contributed by atoms with Gasteiger partial charge in [-0.15, -0.1) is 0 Å². The molecule has 0 aliphatic heterocycles. The first-order chi connectivity index (χ1) is 8.61. The number of hydrogen-bond acceptors (Lipinski definition) is 1. The molecule has 0 saturated carbocycles. The fourth-order valence-corrected chi connectivity index (χ4v) is 1.95. The molecule has 0 spiro atoms. The topological polar surface area (TPSA) is 28.7 Å². The summed E-state index contributed by atoms with van der Waals surface area (Å²) < 4.78 is 26.3. The predicted octanol–water partition coefficient (Wildman–Crippen LogP) is 3.82. The van der Waals surface area contributed by atoms with E-state index in [1.807, 2.05) is 25.1 Å². The number of imidazole rings is 1. The number of aryl methyl sites for hydroxylation is 1. The van der Waals surface area contributed by atoms with Gasteiger partial charge in [0.15, 0.2) is 0 Å². The van der Waals surface area contributed by atoms with Gasteiger partial charge in [0.1, 0.15) is 17.5 Å². The highest BCUT2D eigenvalue weighted by Crippen LogP contribution is 2.22. The molecule has 2 aromatic carbocycles. The number of nitrogens with zero attached hydrogens (tertiary/aromatic N) is 1. The summed E-state index contributed by atoms with van der Waals surface area (Å²) >= 11 is 0. The van der Waals surface area contributed by atoms with Crippen molar-refractivity contribution in [3.05, 3.63) is 53.6 Å². The predicted molar refractivity (Wildman–Crippen MR) is 66.2 cm³/mol. The largest absolute Gasteiger partial charge is 0.338 e. The molecule has 18 heavy (non-hydrogen) atoms. The lowest BCUT2D eigenvalue weighted by Crippen LogP contribution is -1.85. The zero-order valence-corrected chi connectivity index (χ0v) is 9.67. The van der Waals surface area contributed by atoms with Crippen LogP contribution in [0.15, 0.2) is 36.4 Å². The first-order valence-corrected chi connectivity index (χ1v) is 5.55. The minimum absolute atomic E-state index is 0.404. The lowest BCUT2D eigenvalue weighted by Gasteiger charge is -1.97. The number of aromatic amines is 1. The van der Waals surface area contributed by atoms with E-state index >= 15 is 0 Å². The van der Waals surface area contributed by atoms with Crippen molar-refractivity contribution in [1.29, 1.82) is 0 Å². The highest BCUT2D eigenvalue weighted by atomic mass is 19.1. The van der Waals surface area contributed by atoms with Gasteiger partial charge < -0.3 is 4.98 Å². The highest BCUT2D eigenvalue weighted by molar-refractivity contribution is 5.79. The normalized spacial score (nSPS) is 11.1. The molecule has 1 heterocycles. The Morgan fingerprint density at radius 3 is 2.44 bits per heavy atom. The summed E-state index contributed by atoms with van der Waals surface area (Å²) in [5, 5.41) is 0. The molecule has 0 unspecified atom stereocenters. The number of fused-ring (bicyclic) bond motifs is 1. The van der Waals surface area contributed by atoms with Gasteiger partial charge in [0.2, 0.25) is 0 Å². The minimum atomic E-state index is -0.610. The number of rotatable bonds is 1. The van der Waals surface area contributed by atoms with Gasteiger partial charge in [0, 0.05) is 11.6 Å². The lowest BCUT2D eigenvalue weighted by molar-refractivity contribution is 0.584. The number of aromatic nitrogens is 2. The summed E-state index contributed by atoms with van der Waals surface area (Å²) in [5.74, 6) is -0.753. The van der Waals surface area contributed by atoms with Crippen molar-refractivity contribution in [2.75, 3.05) is 0 Å². The Morgan fingerprint density at radius 1 is 1.00 bits per heavy atom. The molecule has 0 amide bonds. The van der Waals surface area contributed by atoms with Crippen molar-refractivity contribution in [2.24, 2.45) is 0 Å². The van der Waals surface area contributed by atoms with Crippen molar-refractivity contribution in [2.45, 2.75) is 6.92 Å². The number of hydrogen-bond donors (Lipinski definition) is 1. The molecule has 3 rings (SSSR count). The average molecular weight is 244 g/mol. The number of H-pyrrole nitrogens is 1. The van der Waals surface area contributed by atoms with Crippen molar-refractivity contribution < 1.29 is 8.78 Å². The van der Waals surface area contributed by atoms with Crippen molar-refractivity contribution in [3.63, 3.8) is 0 Å². The molecule has 90 valence electrons. The second-order valence-corrected chi connectivity index (χ2v) is 4.26. The molecule has 4 heteroatoms. The molecule has 0 fully saturated rings. The van der Waals surface area contributed by atoms with Gasteiger partial charge in [0.05, 0.1) is 11.0 Å². The third-order valence-corrected chi connectivity index (χ3v) is 2.77. The van der Waals surface area contributed by atoms with Gasteiger partial charge in [-0.1, -0.05) is 6.07 Å². The van der Waals surface area contributed by atoms with E-state index in [-0.39, 0.29) is 0 Å². The van der Waals surface area contributed by atoms with Gasteiger partial charge in [-0.2, -0.15) is 0 Å². The quantitative estimate of drug-likeness (QED) is 0.692. The molecular weight excluding hydrogens is 234 g/mol. The average Bonchev–Trinajstić information content (AvgIpc) is 2.70. The van der Waals surface area contributed by atoms with E-state index in [9.17, 15) is 8.78 Å². The van der Waals surface area contributed by atoms with Crippen LogP contribution in [0.4, 0.5) is 8.78 Å². The van der Waals surface area contributed by atoms with E-state index in [0.717, 1.165) is 22.7 Å². The van der Waals surface area contributed by atoms with Gasteiger partial charge in [-0.05, 0) is 36.8 Å². The van der Waals surface area contributed by atoms with Crippen LogP contribution in [0.1, 0.15) is 5.56 Å². The maximum atomic E-state index is 13.2. The van der Waals surface area contributed by atoms with Crippen LogP contribution < -0.4 is 0 Å². The van der Waals surface area contributed by atoms with E-state index in [2.05, 4.69) is 9.97 Å². The van der Waals surface area contributed by atoms with Crippen LogP contribution in [0.2, 0.25) is 0 Å².